The van der Waals surface area contributed by atoms with Crippen molar-refractivity contribution in [1.82, 2.24) is 0 Å². The van der Waals surface area contributed by atoms with E-state index in [1.54, 1.807) is 12.1 Å². The third kappa shape index (κ3) is 5.47. The number of carbonyl (C=O) groups is 1. The van der Waals surface area contributed by atoms with Gasteiger partial charge in [0.15, 0.2) is 0 Å². The Morgan fingerprint density at radius 2 is 1.61 bits per heavy atom. The number of hydrogen-bond donors (Lipinski definition) is 1. The normalized spacial score (nSPS) is 13.8. The first-order valence-electron chi connectivity index (χ1n) is 10.9. The first kappa shape index (κ1) is 21.9. The molecule has 0 amide bonds. The van der Waals surface area contributed by atoms with Crippen LogP contribution in [0.5, 0.6) is 0 Å². The molecule has 33 heavy (non-hydrogen) atoms. The fourth-order valence-corrected chi connectivity index (χ4v) is 3.92. The summed E-state index contributed by atoms with van der Waals surface area (Å²) >= 11 is 0. The van der Waals surface area contributed by atoms with E-state index in [1.165, 1.54) is 28.6 Å². The Labute approximate surface area is 194 Å². The average Bonchev–Trinajstić information content (AvgIpc) is 2.85. The van der Waals surface area contributed by atoms with E-state index in [2.05, 4.69) is 65.6 Å². The fourth-order valence-electron chi connectivity index (χ4n) is 3.92. The van der Waals surface area contributed by atoms with Crippen molar-refractivity contribution in [3.05, 3.63) is 113 Å². The van der Waals surface area contributed by atoms with Gasteiger partial charge in [0.1, 0.15) is 11.6 Å². The zero-order valence-corrected chi connectivity index (χ0v) is 18.2. The quantitative estimate of drug-likeness (QED) is 0.209. The summed E-state index contributed by atoms with van der Waals surface area (Å²) in [6, 6.07) is 26.8. The predicted octanol–water partition coefficient (Wildman–Crippen LogP) is 6.49. The molecule has 1 aliphatic rings. The molecule has 0 atom stereocenters. The Bertz CT molecular complexity index is 1260. The minimum atomic E-state index is -1.22. The maximum Gasteiger partial charge on any atom is 0.346 e. The SMILES string of the molecule is N#C/C(=C\C=C\c1ccc2c(c1)CCCN2c1ccc(/C=C/c2ccccc2)cc1)C(=O)O. The lowest BCUT2D eigenvalue weighted by molar-refractivity contribution is -0.132. The number of hydrogen-bond acceptors (Lipinski definition) is 3. The molecule has 0 bridgehead atoms. The number of aryl methyl sites for hydroxylation is 1. The highest BCUT2D eigenvalue weighted by Gasteiger charge is 2.18. The van der Waals surface area contributed by atoms with Crippen LogP contribution in [0.15, 0.2) is 90.5 Å². The second-order valence-corrected chi connectivity index (χ2v) is 7.84. The number of nitrogens with zero attached hydrogens (tertiary/aromatic N) is 2. The van der Waals surface area contributed by atoms with Crippen LogP contribution in [0.4, 0.5) is 11.4 Å². The molecule has 0 spiro atoms. The van der Waals surface area contributed by atoms with Crippen molar-refractivity contribution in [3.8, 4) is 6.07 Å². The molecule has 1 N–H and O–H groups in total. The zero-order valence-electron chi connectivity index (χ0n) is 18.2. The smallest absolute Gasteiger partial charge is 0.346 e. The molecule has 3 aromatic carbocycles. The number of aliphatic carboxylic acids is 1. The standard InChI is InChI=1S/C29H24N2O2/c30-21-26(29(32)33)9-4-8-24-15-18-28-25(20-24)10-5-19-31(28)27-16-13-23(14-17-27)12-11-22-6-2-1-3-7-22/h1-4,6-9,11-18,20H,5,10,19H2,(H,32,33)/b8-4+,12-11+,26-9+. The van der Waals surface area contributed by atoms with E-state index >= 15 is 0 Å². The number of carboxylic acids is 1. The summed E-state index contributed by atoms with van der Waals surface area (Å²) in [7, 11) is 0. The number of benzene rings is 3. The maximum atomic E-state index is 10.9. The van der Waals surface area contributed by atoms with E-state index in [-0.39, 0.29) is 5.57 Å². The van der Waals surface area contributed by atoms with Crippen LogP contribution in [-0.4, -0.2) is 17.6 Å². The molecule has 1 aliphatic heterocycles. The third-order valence-corrected chi connectivity index (χ3v) is 5.60. The van der Waals surface area contributed by atoms with Crippen LogP contribution >= 0.6 is 0 Å². The number of rotatable bonds is 6. The Hall–Kier alpha value is -4.36. The van der Waals surface area contributed by atoms with Crippen molar-refractivity contribution < 1.29 is 9.90 Å². The fraction of sp³-hybridized carbons (Fsp3) is 0.103. The summed E-state index contributed by atoms with van der Waals surface area (Å²) in [5.41, 5.74) is 6.67. The minimum Gasteiger partial charge on any atom is -0.477 e. The van der Waals surface area contributed by atoms with E-state index in [9.17, 15) is 4.79 Å². The zero-order chi connectivity index (χ0) is 23.0. The van der Waals surface area contributed by atoms with Crippen molar-refractivity contribution >= 4 is 35.6 Å². The van der Waals surface area contributed by atoms with E-state index in [0.29, 0.717) is 0 Å². The van der Waals surface area contributed by atoms with Crippen molar-refractivity contribution in [2.75, 3.05) is 11.4 Å². The van der Waals surface area contributed by atoms with Crippen LogP contribution in [0, 0.1) is 11.3 Å². The van der Waals surface area contributed by atoms with Crippen LogP contribution in [0.3, 0.4) is 0 Å². The van der Waals surface area contributed by atoms with Gasteiger partial charge in [-0.3, -0.25) is 0 Å². The van der Waals surface area contributed by atoms with E-state index in [4.69, 9.17) is 10.4 Å². The first-order chi connectivity index (χ1) is 16.1. The Balaban J connectivity index is 1.51. The summed E-state index contributed by atoms with van der Waals surface area (Å²) in [6.07, 6.45) is 11.1. The van der Waals surface area contributed by atoms with Gasteiger partial charge in [-0.1, -0.05) is 72.8 Å². The molecule has 1 heterocycles. The highest BCUT2D eigenvalue weighted by atomic mass is 16.4. The van der Waals surface area contributed by atoms with Gasteiger partial charge < -0.3 is 10.0 Å². The lowest BCUT2D eigenvalue weighted by Crippen LogP contribution is -2.24. The predicted molar refractivity (Wildman–Crippen MR) is 134 cm³/mol. The monoisotopic (exact) mass is 432 g/mol. The molecule has 4 rings (SSSR count). The second kappa shape index (κ2) is 10.3. The van der Waals surface area contributed by atoms with Gasteiger partial charge in [-0.05, 0) is 65.4 Å². The first-order valence-corrected chi connectivity index (χ1v) is 10.9. The summed E-state index contributed by atoms with van der Waals surface area (Å²) in [5.74, 6) is -1.22. The van der Waals surface area contributed by atoms with Gasteiger partial charge in [0, 0.05) is 17.9 Å². The van der Waals surface area contributed by atoms with E-state index in [0.717, 1.165) is 30.5 Å². The number of carboxylic acid groups (broad SMARTS) is 1. The van der Waals surface area contributed by atoms with Crippen LogP contribution < -0.4 is 4.90 Å². The van der Waals surface area contributed by atoms with Crippen LogP contribution in [0.1, 0.15) is 28.7 Å². The summed E-state index contributed by atoms with van der Waals surface area (Å²) in [5, 5.41) is 17.8. The van der Waals surface area contributed by atoms with E-state index in [1.807, 2.05) is 30.3 Å². The maximum absolute atomic E-state index is 10.9. The van der Waals surface area contributed by atoms with Gasteiger partial charge in [-0.25, -0.2) is 4.79 Å². The van der Waals surface area contributed by atoms with Crippen LogP contribution in [0.25, 0.3) is 18.2 Å². The van der Waals surface area contributed by atoms with Gasteiger partial charge in [-0.15, -0.1) is 0 Å². The molecule has 0 radical (unpaired) electrons. The number of anilines is 2. The van der Waals surface area contributed by atoms with Gasteiger partial charge >= 0.3 is 5.97 Å². The van der Waals surface area contributed by atoms with Crippen molar-refractivity contribution in [3.63, 3.8) is 0 Å². The van der Waals surface area contributed by atoms with Crippen molar-refractivity contribution in [1.29, 1.82) is 5.26 Å². The molecular weight excluding hydrogens is 408 g/mol. The minimum absolute atomic E-state index is 0.280. The highest BCUT2D eigenvalue weighted by molar-refractivity contribution is 5.91. The topological polar surface area (TPSA) is 64.3 Å². The Morgan fingerprint density at radius 1 is 0.909 bits per heavy atom. The number of allylic oxidation sites excluding steroid dienone is 2. The summed E-state index contributed by atoms with van der Waals surface area (Å²) < 4.78 is 0. The number of fused-ring (bicyclic) bond motifs is 1. The molecule has 0 fully saturated rings. The molecule has 0 unspecified atom stereocenters. The van der Waals surface area contributed by atoms with Gasteiger partial charge in [0.2, 0.25) is 0 Å². The highest BCUT2D eigenvalue weighted by Crippen LogP contribution is 2.34. The molecule has 0 saturated heterocycles. The molecule has 3 aromatic rings. The van der Waals surface area contributed by atoms with Crippen LogP contribution in [-0.2, 0) is 11.2 Å². The van der Waals surface area contributed by atoms with Gasteiger partial charge in [-0.2, -0.15) is 5.26 Å². The molecule has 4 nitrogen and oxygen atoms in total. The van der Waals surface area contributed by atoms with Gasteiger partial charge in [0.05, 0.1) is 0 Å². The molecular formula is C29H24N2O2. The van der Waals surface area contributed by atoms with Gasteiger partial charge in [0.25, 0.3) is 0 Å². The molecule has 4 heteroatoms. The molecule has 0 saturated carbocycles. The molecule has 0 aliphatic carbocycles. The van der Waals surface area contributed by atoms with Crippen LogP contribution in [0.2, 0.25) is 0 Å². The second-order valence-electron chi connectivity index (χ2n) is 7.84. The lowest BCUT2D eigenvalue weighted by Gasteiger charge is -2.31. The largest absolute Gasteiger partial charge is 0.477 e. The number of nitriles is 1. The third-order valence-electron chi connectivity index (χ3n) is 5.60. The Kier molecular flexibility index (Phi) is 6.82. The van der Waals surface area contributed by atoms with Crippen molar-refractivity contribution in [2.24, 2.45) is 0 Å². The van der Waals surface area contributed by atoms with Crippen molar-refractivity contribution in [2.45, 2.75) is 12.8 Å². The average molecular weight is 433 g/mol. The molecule has 0 aromatic heterocycles. The summed E-state index contributed by atoms with van der Waals surface area (Å²) in [4.78, 5) is 13.3. The Morgan fingerprint density at radius 3 is 2.30 bits per heavy atom. The van der Waals surface area contributed by atoms with E-state index < -0.39 is 5.97 Å². The summed E-state index contributed by atoms with van der Waals surface area (Å²) in [6.45, 7) is 0.967. The lowest BCUT2D eigenvalue weighted by atomic mass is 9.98. The molecule has 162 valence electrons.